The minimum atomic E-state index is -0.938. The molecule has 4 heteroatoms. The van der Waals surface area contributed by atoms with Crippen molar-refractivity contribution in [2.45, 2.75) is 31.3 Å². The molecule has 3 rings (SSSR count). The first-order chi connectivity index (χ1) is 7.08. The number of carbonyl (C=O) groups is 1. The molecule has 0 aromatic carbocycles. The molecule has 84 valence electrons. The van der Waals surface area contributed by atoms with Gasteiger partial charge in [-0.15, -0.1) is 0 Å². The number of aliphatic carboxylic acids is 1. The molecule has 0 radical (unpaired) electrons. The molecule has 0 spiro atoms. The SMILES string of the molecule is O=C(O)C1(C2(O)CC3CCC2C3)CNC1. The van der Waals surface area contributed by atoms with Crippen LogP contribution in [0, 0.1) is 17.3 Å². The molecular formula is C11H17NO3. The lowest BCUT2D eigenvalue weighted by molar-refractivity contribution is -0.188. The monoisotopic (exact) mass is 211 g/mol. The third kappa shape index (κ3) is 0.967. The van der Waals surface area contributed by atoms with E-state index in [0.29, 0.717) is 25.4 Å². The van der Waals surface area contributed by atoms with Crippen molar-refractivity contribution in [3.8, 4) is 0 Å². The Hall–Kier alpha value is -0.610. The Labute approximate surface area is 88.7 Å². The van der Waals surface area contributed by atoms with Crippen molar-refractivity contribution < 1.29 is 15.0 Å². The quantitative estimate of drug-likeness (QED) is 0.611. The van der Waals surface area contributed by atoms with Crippen LogP contribution in [0.4, 0.5) is 0 Å². The molecule has 3 aliphatic rings. The molecule has 3 unspecified atom stereocenters. The fraction of sp³-hybridized carbons (Fsp3) is 0.909. The summed E-state index contributed by atoms with van der Waals surface area (Å²) < 4.78 is 0. The number of rotatable bonds is 2. The summed E-state index contributed by atoms with van der Waals surface area (Å²) in [6, 6.07) is 0. The zero-order chi connectivity index (χ0) is 10.7. The first-order valence-electron chi connectivity index (χ1n) is 5.75. The fourth-order valence-corrected chi connectivity index (χ4v) is 3.90. The maximum atomic E-state index is 11.4. The van der Waals surface area contributed by atoms with Gasteiger partial charge in [0.15, 0.2) is 0 Å². The second kappa shape index (κ2) is 2.74. The third-order valence-corrected chi connectivity index (χ3v) is 4.91. The Kier molecular flexibility index (Phi) is 1.75. The van der Waals surface area contributed by atoms with Gasteiger partial charge in [-0.05, 0) is 37.5 Å². The summed E-state index contributed by atoms with van der Waals surface area (Å²) >= 11 is 0. The van der Waals surface area contributed by atoms with Gasteiger partial charge in [0.1, 0.15) is 5.41 Å². The highest BCUT2D eigenvalue weighted by atomic mass is 16.4. The van der Waals surface area contributed by atoms with Gasteiger partial charge in [-0.3, -0.25) is 4.79 Å². The van der Waals surface area contributed by atoms with E-state index in [1.165, 1.54) is 6.42 Å². The van der Waals surface area contributed by atoms with Crippen LogP contribution >= 0.6 is 0 Å². The lowest BCUT2D eigenvalue weighted by Gasteiger charge is -2.52. The van der Waals surface area contributed by atoms with Crippen LogP contribution in [0.25, 0.3) is 0 Å². The number of hydrogen-bond donors (Lipinski definition) is 3. The van der Waals surface area contributed by atoms with E-state index in [1.54, 1.807) is 0 Å². The molecule has 2 saturated carbocycles. The zero-order valence-corrected chi connectivity index (χ0v) is 8.70. The van der Waals surface area contributed by atoms with Crippen molar-refractivity contribution in [1.82, 2.24) is 5.32 Å². The van der Waals surface area contributed by atoms with Gasteiger partial charge in [0.05, 0.1) is 5.60 Å². The van der Waals surface area contributed by atoms with Gasteiger partial charge in [-0.25, -0.2) is 0 Å². The number of hydrogen-bond acceptors (Lipinski definition) is 3. The van der Waals surface area contributed by atoms with E-state index in [4.69, 9.17) is 0 Å². The number of carboxylic acid groups (broad SMARTS) is 1. The van der Waals surface area contributed by atoms with Crippen LogP contribution in [0.1, 0.15) is 25.7 Å². The van der Waals surface area contributed by atoms with Crippen molar-refractivity contribution >= 4 is 5.97 Å². The van der Waals surface area contributed by atoms with E-state index in [0.717, 1.165) is 12.8 Å². The summed E-state index contributed by atoms with van der Waals surface area (Å²) in [5.41, 5.74) is -1.83. The Morgan fingerprint density at radius 2 is 2.07 bits per heavy atom. The van der Waals surface area contributed by atoms with Crippen LogP contribution in [0.2, 0.25) is 0 Å². The summed E-state index contributed by atoms with van der Waals surface area (Å²) in [5, 5.41) is 23.0. The first-order valence-corrected chi connectivity index (χ1v) is 5.75. The molecule has 0 amide bonds. The number of nitrogens with one attached hydrogen (secondary N) is 1. The summed E-state index contributed by atoms with van der Waals surface area (Å²) in [6.07, 6.45) is 3.92. The lowest BCUT2D eigenvalue weighted by Crippen LogP contribution is -2.71. The topological polar surface area (TPSA) is 69.6 Å². The van der Waals surface area contributed by atoms with Crippen LogP contribution in [-0.2, 0) is 4.79 Å². The van der Waals surface area contributed by atoms with Crippen molar-refractivity contribution in [3.63, 3.8) is 0 Å². The van der Waals surface area contributed by atoms with Gasteiger partial charge in [0, 0.05) is 13.1 Å². The molecule has 4 nitrogen and oxygen atoms in total. The van der Waals surface area contributed by atoms with Crippen molar-refractivity contribution in [3.05, 3.63) is 0 Å². The first kappa shape index (κ1) is 9.60. The second-order valence-corrected chi connectivity index (χ2v) is 5.50. The molecule has 0 aromatic heterocycles. The molecule has 3 fully saturated rings. The number of fused-ring (bicyclic) bond motifs is 2. The fourth-order valence-electron chi connectivity index (χ4n) is 3.90. The average Bonchev–Trinajstić information content (AvgIpc) is 2.59. The summed E-state index contributed by atoms with van der Waals surface area (Å²) in [6.45, 7) is 0.865. The van der Waals surface area contributed by atoms with E-state index in [1.807, 2.05) is 0 Å². The van der Waals surface area contributed by atoms with Gasteiger partial charge in [-0.1, -0.05) is 0 Å². The molecule has 0 aromatic rings. The Morgan fingerprint density at radius 1 is 1.33 bits per heavy atom. The normalized spacial score (nSPS) is 46.5. The average molecular weight is 211 g/mol. The zero-order valence-electron chi connectivity index (χ0n) is 8.70. The maximum Gasteiger partial charge on any atom is 0.315 e. The van der Waals surface area contributed by atoms with E-state index in [9.17, 15) is 15.0 Å². The Bertz CT molecular complexity index is 313. The van der Waals surface area contributed by atoms with Crippen LogP contribution < -0.4 is 5.32 Å². The minimum absolute atomic E-state index is 0.223. The minimum Gasteiger partial charge on any atom is -0.481 e. The van der Waals surface area contributed by atoms with Gasteiger partial charge in [0.2, 0.25) is 0 Å². The highest BCUT2D eigenvalue weighted by molar-refractivity contribution is 5.78. The smallest absolute Gasteiger partial charge is 0.315 e. The van der Waals surface area contributed by atoms with Crippen molar-refractivity contribution in [2.75, 3.05) is 13.1 Å². The third-order valence-electron chi connectivity index (χ3n) is 4.91. The molecule has 15 heavy (non-hydrogen) atoms. The van der Waals surface area contributed by atoms with Gasteiger partial charge >= 0.3 is 5.97 Å². The highest BCUT2D eigenvalue weighted by Gasteiger charge is 2.67. The molecule has 3 atom stereocenters. The van der Waals surface area contributed by atoms with E-state index < -0.39 is 17.0 Å². The van der Waals surface area contributed by atoms with Gasteiger partial charge < -0.3 is 15.5 Å². The summed E-state index contributed by atoms with van der Waals surface area (Å²) in [7, 11) is 0. The predicted octanol–water partition coefficient (Wildman–Crippen LogP) is 0.212. The van der Waals surface area contributed by atoms with Gasteiger partial charge in [-0.2, -0.15) is 0 Å². The Morgan fingerprint density at radius 3 is 2.40 bits per heavy atom. The summed E-state index contributed by atoms with van der Waals surface area (Å²) in [4.78, 5) is 11.4. The summed E-state index contributed by atoms with van der Waals surface area (Å²) in [5.74, 6) is -0.0335. The van der Waals surface area contributed by atoms with Crippen molar-refractivity contribution in [1.29, 1.82) is 0 Å². The number of aliphatic hydroxyl groups is 1. The van der Waals surface area contributed by atoms with Crippen LogP contribution in [0.15, 0.2) is 0 Å². The standard InChI is InChI=1S/C11H17NO3/c13-9(14)10(5-12-6-10)11(15)4-7-1-2-8(11)3-7/h7-8,12,15H,1-6H2,(H,13,14). The molecular weight excluding hydrogens is 194 g/mol. The van der Waals surface area contributed by atoms with Crippen LogP contribution in [-0.4, -0.2) is 34.9 Å². The maximum absolute atomic E-state index is 11.4. The van der Waals surface area contributed by atoms with Crippen LogP contribution in [0.5, 0.6) is 0 Å². The van der Waals surface area contributed by atoms with E-state index >= 15 is 0 Å². The van der Waals surface area contributed by atoms with Crippen molar-refractivity contribution in [2.24, 2.45) is 17.3 Å². The molecule has 2 aliphatic carbocycles. The molecule has 2 bridgehead atoms. The molecule has 1 heterocycles. The second-order valence-electron chi connectivity index (χ2n) is 5.50. The Balaban J connectivity index is 1.95. The van der Waals surface area contributed by atoms with E-state index in [-0.39, 0.29) is 5.92 Å². The number of carboxylic acids is 1. The van der Waals surface area contributed by atoms with Gasteiger partial charge in [0.25, 0.3) is 0 Å². The largest absolute Gasteiger partial charge is 0.481 e. The van der Waals surface area contributed by atoms with Crippen LogP contribution in [0.3, 0.4) is 0 Å². The molecule has 3 N–H and O–H groups in total. The molecule has 1 saturated heterocycles. The molecule has 1 aliphatic heterocycles. The predicted molar refractivity (Wildman–Crippen MR) is 53.3 cm³/mol. The van der Waals surface area contributed by atoms with E-state index in [2.05, 4.69) is 5.32 Å². The lowest BCUT2D eigenvalue weighted by atomic mass is 9.61. The highest BCUT2D eigenvalue weighted by Crippen LogP contribution is 2.58.